The van der Waals surface area contributed by atoms with E-state index in [4.69, 9.17) is 22.7 Å². The van der Waals surface area contributed by atoms with Gasteiger partial charge in [0.25, 0.3) is 0 Å². The molecule has 0 heterocycles. The molecule has 3 rings (SSSR count). The second-order valence-electron chi connectivity index (χ2n) is 8.32. The first-order valence-electron chi connectivity index (χ1n) is 11.3. The van der Waals surface area contributed by atoms with Crippen LogP contribution in [0.3, 0.4) is 0 Å². The number of halogens is 4. The number of urea groups is 1. The number of nitrogens with zero attached hydrogens (tertiary/aromatic N) is 2. The molecule has 0 aromatic heterocycles. The molecule has 7 nitrogen and oxygen atoms in total. The number of alkyl halides is 3. The van der Waals surface area contributed by atoms with Gasteiger partial charge in [-0.25, -0.2) is 4.79 Å². The largest absolute Gasteiger partial charge is 0.508 e. The van der Waals surface area contributed by atoms with E-state index in [0.29, 0.717) is 34.1 Å². The van der Waals surface area contributed by atoms with Crippen molar-refractivity contribution >= 4 is 34.9 Å². The van der Waals surface area contributed by atoms with Gasteiger partial charge in [-0.1, -0.05) is 17.7 Å². The molecule has 0 radical (unpaired) electrons. The molecule has 0 aliphatic heterocycles. The first-order chi connectivity index (χ1) is 17.0. The van der Waals surface area contributed by atoms with Crippen LogP contribution in [0.5, 0.6) is 5.75 Å². The summed E-state index contributed by atoms with van der Waals surface area (Å²) in [4.78, 5) is 18.2. The van der Waals surface area contributed by atoms with Crippen molar-refractivity contribution in [3.05, 3.63) is 70.4 Å². The third-order valence-corrected chi connectivity index (χ3v) is 5.84. The molecule has 2 aromatic rings. The van der Waals surface area contributed by atoms with Crippen molar-refractivity contribution in [3.8, 4) is 5.75 Å². The van der Waals surface area contributed by atoms with E-state index in [9.17, 15) is 23.1 Å². The van der Waals surface area contributed by atoms with Crippen molar-refractivity contribution in [1.29, 1.82) is 5.41 Å². The van der Waals surface area contributed by atoms with Crippen molar-refractivity contribution in [1.82, 2.24) is 10.2 Å². The summed E-state index contributed by atoms with van der Waals surface area (Å²) in [5.74, 6) is -0.496. The second-order valence-corrected chi connectivity index (χ2v) is 8.76. The Morgan fingerprint density at radius 1 is 1.17 bits per heavy atom. The van der Waals surface area contributed by atoms with E-state index >= 15 is 0 Å². The number of carbonyl (C=O) groups excluding carboxylic acids is 1. The maximum absolute atomic E-state index is 12.9. The number of hydrogen-bond donors (Lipinski definition) is 4. The van der Waals surface area contributed by atoms with Crippen LogP contribution in [0.4, 0.5) is 23.7 Å². The van der Waals surface area contributed by atoms with Crippen LogP contribution >= 0.6 is 11.6 Å². The lowest BCUT2D eigenvalue weighted by molar-refractivity contribution is -0.135. The first-order valence-corrected chi connectivity index (χ1v) is 11.7. The number of aliphatic imine (C=N–C) groups is 1. The third kappa shape index (κ3) is 7.74. The fourth-order valence-electron chi connectivity index (χ4n) is 3.76. The number of hydrogen-bond acceptors (Lipinski definition) is 5. The van der Waals surface area contributed by atoms with E-state index in [1.807, 2.05) is 6.07 Å². The van der Waals surface area contributed by atoms with Gasteiger partial charge in [0, 0.05) is 28.5 Å². The molecule has 1 fully saturated rings. The predicted octanol–water partition coefficient (Wildman–Crippen LogP) is 5.89. The van der Waals surface area contributed by atoms with E-state index in [1.165, 1.54) is 24.3 Å². The number of benzene rings is 2. The molecule has 5 N–H and O–H groups in total. The standard InChI is InChI=1S/C25H27ClF3N5O2/c26-17-4-3-5-18(14-17)33-22-7-2-1-6-20(22)21(30)15-32-24(36)34(13-12-25(27,28)29)23(31)16-8-10-19(35)11-9-16/h3-5,8-11,14,31,35H,1-2,6-7,12-13,15,30H2,(H,32,36)/b21-20-,31-23?,33-22?. The maximum Gasteiger partial charge on any atom is 0.390 e. The molecule has 0 unspecified atom stereocenters. The number of amidine groups is 1. The molecule has 36 heavy (non-hydrogen) atoms. The minimum absolute atomic E-state index is 0.0695. The van der Waals surface area contributed by atoms with Crippen LogP contribution in [0, 0.1) is 5.41 Å². The number of aromatic hydroxyl groups is 1. The zero-order valence-corrected chi connectivity index (χ0v) is 20.2. The van der Waals surface area contributed by atoms with Gasteiger partial charge in [0.15, 0.2) is 0 Å². The zero-order chi connectivity index (χ0) is 26.3. The molecule has 1 aliphatic carbocycles. The molecule has 1 saturated carbocycles. The molecule has 2 amide bonds. The van der Waals surface area contributed by atoms with Crippen molar-refractivity contribution < 1.29 is 23.1 Å². The highest BCUT2D eigenvalue weighted by Crippen LogP contribution is 2.27. The Morgan fingerprint density at radius 3 is 2.53 bits per heavy atom. The van der Waals surface area contributed by atoms with Crippen molar-refractivity contribution in [2.75, 3.05) is 13.1 Å². The van der Waals surface area contributed by atoms with Gasteiger partial charge in [-0.2, -0.15) is 13.2 Å². The lowest BCUT2D eigenvalue weighted by Gasteiger charge is -2.25. The highest BCUT2D eigenvalue weighted by molar-refractivity contribution is 6.30. The zero-order valence-electron chi connectivity index (χ0n) is 19.4. The summed E-state index contributed by atoms with van der Waals surface area (Å²) in [5.41, 5.74) is 9.08. The lowest BCUT2D eigenvalue weighted by atomic mass is 9.91. The van der Waals surface area contributed by atoms with E-state index in [1.54, 1.807) is 18.2 Å². The summed E-state index contributed by atoms with van der Waals surface area (Å²) in [5, 5.41) is 20.8. The Labute approximate surface area is 212 Å². The highest BCUT2D eigenvalue weighted by atomic mass is 35.5. The van der Waals surface area contributed by atoms with Crippen LogP contribution in [0.2, 0.25) is 5.02 Å². The fraction of sp³-hybridized carbons (Fsp3) is 0.320. The smallest absolute Gasteiger partial charge is 0.390 e. The van der Waals surface area contributed by atoms with E-state index < -0.39 is 31.0 Å². The second kappa shape index (κ2) is 11.9. The summed E-state index contributed by atoms with van der Waals surface area (Å²) in [6.45, 7) is -0.860. The highest BCUT2D eigenvalue weighted by Gasteiger charge is 2.31. The monoisotopic (exact) mass is 521 g/mol. The average molecular weight is 522 g/mol. The number of phenols is 1. The van der Waals surface area contributed by atoms with Gasteiger partial charge in [0.2, 0.25) is 0 Å². The lowest BCUT2D eigenvalue weighted by Crippen LogP contribution is -2.46. The van der Waals surface area contributed by atoms with Crippen LogP contribution in [0.1, 0.15) is 37.7 Å². The quantitative estimate of drug-likeness (QED) is 0.280. The van der Waals surface area contributed by atoms with Gasteiger partial charge in [0.1, 0.15) is 11.6 Å². The van der Waals surface area contributed by atoms with E-state index in [2.05, 4.69) is 10.3 Å². The molecule has 0 bridgehead atoms. The molecule has 0 saturated heterocycles. The maximum atomic E-state index is 12.9. The SMILES string of the molecule is N=C(c1ccc(O)cc1)N(CCC(F)(F)F)C(=O)NC/C(N)=C1\CCCCC1=Nc1cccc(Cl)c1. The predicted molar refractivity (Wildman–Crippen MR) is 134 cm³/mol. The topological polar surface area (TPSA) is 115 Å². The molecule has 0 atom stereocenters. The number of carbonyl (C=O) groups is 1. The van der Waals surface area contributed by atoms with Gasteiger partial charge in [-0.05, 0) is 73.7 Å². The average Bonchev–Trinajstić information content (AvgIpc) is 2.82. The number of amides is 2. The third-order valence-electron chi connectivity index (χ3n) is 5.60. The first kappa shape index (κ1) is 27.1. The Bertz CT molecular complexity index is 1160. The van der Waals surface area contributed by atoms with Crippen LogP contribution < -0.4 is 11.1 Å². The Kier molecular flexibility index (Phi) is 8.98. The summed E-state index contributed by atoms with van der Waals surface area (Å²) >= 11 is 6.05. The number of phenolic OH excluding ortho intramolecular Hbond substituents is 1. The normalized spacial score (nSPS) is 16.5. The number of rotatable bonds is 6. The molecular formula is C25H27ClF3N5O2. The summed E-state index contributed by atoms with van der Waals surface area (Å²) in [6.07, 6.45) is -2.63. The van der Waals surface area contributed by atoms with Gasteiger partial charge in [0.05, 0.1) is 18.7 Å². The summed E-state index contributed by atoms with van der Waals surface area (Å²) in [6, 6.07) is 11.5. The molecule has 11 heteroatoms. The van der Waals surface area contributed by atoms with Crippen LogP contribution in [0.25, 0.3) is 0 Å². The van der Waals surface area contributed by atoms with Crippen molar-refractivity contribution in [2.24, 2.45) is 10.7 Å². The summed E-state index contributed by atoms with van der Waals surface area (Å²) in [7, 11) is 0. The van der Waals surface area contributed by atoms with Gasteiger partial charge < -0.3 is 16.2 Å². The van der Waals surface area contributed by atoms with Crippen LogP contribution in [0.15, 0.2) is 64.8 Å². The number of nitrogens with two attached hydrogens (primary N) is 1. The fourth-order valence-corrected chi connectivity index (χ4v) is 3.95. The van der Waals surface area contributed by atoms with Gasteiger partial charge in [-0.3, -0.25) is 15.3 Å². The Balaban J connectivity index is 1.78. The number of allylic oxidation sites excluding steroid dienone is 1. The van der Waals surface area contributed by atoms with Crippen molar-refractivity contribution in [3.63, 3.8) is 0 Å². The minimum Gasteiger partial charge on any atom is -0.508 e. The summed E-state index contributed by atoms with van der Waals surface area (Å²) < 4.78 is 38.7. The molecule has 1 aliphatic rings. The van der Waals surface area contributed by atoms with E-state index in [0.717, 1.165) is 24.1 Å². The number of nitrogens with one attached hydrogen (secondary N) is 2. The minimum atomic E-state index is -4.51. The Morgan fingerprint density at radius 2 is 1.86 bits per heavy atom. The van der Waals surface area contributed by atoms with Gasteiger partial charge in [-0.15, -0.1) is 0 Å². The molecule has 2 aromatic carbocycles. The van der Waals surface area contributed by atoms with Crippen molar-refractivity contribution in [2.45, 2.75) is 38.3 Å². The van der Waals surface area contributed by atoms with Crippen LogP contribution in [-0.2, 0) is 0 Å². The Hall–Kier alpha value is -3.53. The molecular weight excluding hydrogens is 495 g/mol. The molecule has 0 spiro atoms. The van der Waals surface area contributed by atoms with E-state index in [-0.39, 0.29) is 17.9 Å². The van der Waals surface area contributed by atoms with Gasteiger partial charge >= 0.3 is 12.2 Å². The van der Waals surface area contributed by atoms with Crippen LogP contribution in [-0.4, -0.2) is 46.9 Å². The molecule has 192 valence electrons.